The summed E-state index contributed by atoms with van der Waals surface area (Å²) in [5.74, 6) is 0.836. The van der Waals surface area contributed by atoms with Crippen LogP contribution in [0.25, 0.3) is 0 Å². The topological polar surface area (TPSA) is 34.1 Å². The van der Waals surface area contributed by atoms with Crippen molar-refractivity contribution in [2.24, 2.45) is 0 Å². The highest BCUT2D eigenvalue weighted by Crippen LogP contribution is 2.29. The van der Waals surface area contributed by atoms with Crippen LogP contribution >= 0.6 is 15.9 Å². The lowest BCUT2D eigenvalue weighted by Gasteiger charge is -2.12. The maximum atomic E-state index is 13.4. The molecule has 1 heterocycles. The third kappa shape index (κ3) is 3.80. The maximum absolute atomic E-state index is 13.4. The Morgan fingerprint density at radius 3 is 2.90 bits per heavy atom. The molecular formula is C16H16BrFN2O. The minimum atomic E-state index is -0.345. The number of rotatable bonds is 5. The van der Waals surface area contributed by atoms with Gasteiger partial charge in [-0.2, -0.15) is 0 Å². The number of hydrogen-bond acceptors (Lipinski definition) is 3. The Morgan fingerprint density at radius 1 is 1.38 bits per heavy atom. The van der Waals surface area contributed by atoms with Crippen LogP contribution in [0.15, 0.2) is 34.9 Å². The molecule has 3 rings (SSSR count). The fraction of sp³-hybridized carbons (Fsp3) is 0.312. The van der Waals surface area contributed by atoms with Gasteiger partial charge in [0.15, 0.2) is 0 Å². The molecule has 1 aliphatic carbocycles. The van der Waals surface area contributed by atoms with Gasteiger partial charge in [0, 0.05) is 22.6 Å². The Kier molecular flexibility index (Phi) is 4.22. The Morgan fingerprint density at radius 2 is 2.19 bits per heavy atom. The van der Waals surface area contributed by atoms with Crippen LogP contribution in [0, 0.1) is 12.7 Å². The van der Waals surface area contributed by atoms with Gasteiger partial charge >= 0.3 is 0 Å². The number of aryl methyl sites for hydroxylation is 1. The first-order valence-electron chi connectivity index (χ1n) is 6.93. The molecule has 1 fully saturated rings. The van der Waals surface area contributed by atoms with Gasteiger partial charge in [-0.1, -0.05) is 15.9 Å². The number of aromatic nitrogens is 1. The minimum Gasteiger partial charge on any atom is -0.438 e. The summed E-state index contributed by atoms with van der Waals surface area (Å²) < 4.78 is 20.3. The van der Waals surface area contributed by atoms with E-state index in [9.17, 15) is 4.39 Å². The Labute approximate surface area is 131 Å². The molecule has 21 heavy (non-hydrogen) atoms. The molecule has 0 unspecified atom stereocenters. The lowest BCUT2D eigenvalue weighted by molar-refractivity contribution is 0.445. The highest BCUT2D eigenvalue weighted by molar-refractivity contribution is 9.10. The normalized spacial score (nSPS) is 14.2. The standard InChI is InChI=1S/C16H16BrFN2O/c1-10-6-12(17)2-5-15(10)21-16-11(7-13(18)9-20-16)8-19-14-3-4-14/h2,5-7,9,14,19H,3-4,8H2,1H3. The van der Waals surface area contributed by atoms with Gasteiger partial charge in [0.05, 0.1) is 6.20 Å². The minimum absolute atomic E-state index is 0.345. The van der Waals surface area contributed by atoms with Crippen molar-refractivity contribution in [1.82, 2.24) is 10.3 Å². The van der Waals surface area contributed by atoms with Crippen LogP contribution in [0.5, 0.6) is 11.6 Å². The summed E-state index contributed by atoms with van der Waals surface area (Å²) in [6.45, 7) is 2.53. The quantitative estimate of drug-likeness (QED) is 0.870. The Balaban J connectivity index is 1.82. The second kappa shape index (κ2) is 6.12. The van der Waals surface area contributed by atoms with Gasteiger partial charge in [-0.05, 0) is 49.6 Å². The largest absolute Gasteiger partial charge is 0.438 e. The Hall–Kier alpha value is -1.46. The molecule has 110 valence electrons. The fourth-order valence-electron chi connectivity index (χ4n) is 2.06. The molecule has 1 N–H and O–H groups in total. The van der Waals surface area contributed by atoms with Crippen LogP contribution in [0.3, 0.4) is 0 Å². The first-order valence-corrected chi connectivity index (χ1v) is 7.73. The number of nitrogens with zero attached hydrogens (tertiary/aromatic N) is 1. The van der Waals surface area contributed by atoms with E-state index in [1.54, 1.807) is 0 Å². The average molecular weight is 351 g/mol. The third-order valence-electron chi connectivity index (χ3n) is 3.39. The molecule has 2 aromatic rings. The summed E-state index contributed by atoms with van der Waals surface area (Å²) in [4.78, 5) is 4.09. The van der Waals surface area contributed by atoms with Crippen molar-refractivity contribution in [2.45, 2.75) is 32.4 Å². The fourth-order valence-corrected chi connectivity index (χ4v) is 2.54. The van der Waals surface area contributed by atoms with Gasteiger partial charge in [-0.25, -0.2) is 9.37 Å². The third-order valence-corrected chi connectivity index (χ3v) is 3.89. The van der Waals surface area contributed by atoms with E-state index in [4.69, 9.17) is 4.74 Å². The van der Waals surface area contributed by atoms with E-state index >= 15 is 0 Å². The molecule has 5 heteroatoms. The van der Waals surface area contributed by atoms with E-state index in [1.807, 2.05) is 25.1 Å². The second-order valence-corrected chi connectivity index (χ2v) is 6.20. The number of nitrogens with one attached hydrogen (secondary N) is 1. The first-order chi connectivity index (χ1) is 10.1. The van der Waals surface area contributed by atoms with Crippen LogP contribution in [-0.2, 0) is 6.54 Å². The predicted molar refractivity (Wildman–Crippen MR) is 83.0 cm³/mol. The zero-order valence-corrected chi connectivity index (χ0v) is 13.3. The summed E-state index contributed by atoms with van der Waals surface area (Å²) in [7, 11) is 0. The van der Waals surface area contributed by atoms with Crippen LogP contribution in [-0.4, -0.2) is 11.0 Å². The summed E-state index contributed by atoms with van der Waals surface area (Å²) in [6, 6.07) is 7.79. The van der Waals surface area contributed by atoms with Crippen molar-refractivity contribution >= 4 is 15.9 Å². The van der Waals surface area contributed by atoms with Crippen molar-refractivity contribution in [3.8, 4) is 11.6 Å². The van der Waals surface area contributed by atoms with Crippen molar-refractivity contribution in [2.75, 3.05) is 0 Å². The number of benzene rings is 1. The van der Waals surface area contributed by atoms with E-state index in [2.05, 4.69) is 26.2 Å². The molecule has 3 nitrogen and oxygen atoms in total. The smallest absolute Gasteiger partial charge is 0.223 e. The molecule has 0 amide bonds. The number of halogens is 2. The first kappa shape index (κ1) is 14.5. The lowest BCUT2D eigenvalue weighted by Crippen LogP contribution is -2.16. The molecular weight excluding hydrogens is 335 g/mol. The van der Waals surface area contributed by atoms with Crippen LogP contribution in [0.1, 0.15) is 24.0 Å². The molecule has 0 atom stereocenters. The van der Waals surface area contributed by atoms with Crippen molar-refractivity contribution < 1.29 is 9.13 Å². The molecule has 0 saturated heterocycles. The average Bonchev–Trinajstić information content (AvgIpc) is 3.26. The van der Waals surface area contributed by atoms with E-state index in [0.717, 1.165) is 21.3 Å². The molecule has 0 bridgehead atoms. The zero-order chi connectivity index (χ0) is 14.8. The zero-order valence-electron chi connectivity index (χ0n) is 11.7. The SMILES string of the molecule is Cc1cc(Br)ccc1Oc1ncc(F)cc1CNC1CC1. The highest BCUT2D eigenvalue weighted by Gasteiger charge is 2.21. The molecule has 1 saturated carbocycles. The van der Waals surface area contributed by atoms with Crippen LogP contribution < -0.4 is 10.1 Å². The Bertz CT molecular complexity index is 659. The summed E-state index contributed by atoms with van der Waals surface area (Å²) in [6.07, 6.45) is 3.56. The predicted octanol–water partition coefficient (Wildman–Crippen LogP) is 4.34. The van der Waals surface area contributed by atoms with Gasteiger partial charge in [0.2, 0.25) is 5.88 Å². The van der Waals surface area contributed by atoms with Gasteiger partial charge in [-0.15, -0.1) is 0 Å². The van der Waals surface area contributed by atoms with E-state index in [-0.39, 0.29) is 5.82 Å². The van der Waals surface area contributed by atoms with Crippen molar-refractivity contribution in [1.29, 1.82) is 0 Å². The van der Waals surface area contributed by atoms with E-state index in [1.165, 1.54) is 25.1 Å². The number of ether oxygens (including phenoxy) is 1. The molecule has 0 aliphatic heterocycles. The maximum Gasteiger partial charge on any atom is 0.223 e. The van der Waals surface area contributed by atoms with Crippen LogP contribution in [0.4, 0.5) is 4.39 Å². The lowest BCUT2D eigenvalue weighted by atomic mass is 10.2. The molecule has 1 aromatic carbocycles. The van der Waals surface area contributed by atoms with E-state index in [0.29, 0.717) is 18.5 Å². The molecule has 1 aromatic heterocycles. The van der Waals surface area contributed by atoms with Gasteiger partial charge in [0.25, 0.3) is 0 Å². The summed E-state index contributed by atoms with van der Waals surface area (Å²) >= 11 is 3.42. The van der Waals surface area contributed by atoms with Crippen molar-refractivity contribution in [3.63, 3.8) is 0 Å². The molecule has 0 radical (unpaired) electrons. The van der Waals surface area contributed by atoms with Crippen molar-refractivity contribution in [3.05, 3.63) is 51.9 Å². The number of pyridine rings is 1. The highest BCUT2D eigenvalue weighted by atomic mass is 79.9. The van der Waals surface area contributed by atoms with E-state index < -0.39 is 0 Å². The second-order valence-electron chi connectivity index (χ2n) is 5.28. The number of hydrogen-bond donors (Lipinski definition) is 1. The molecule has 1 aliphatic rings. The van der Waals surface area contributed by atoms with Gasteiger partial charge in [-0.3, -0.25) is 0 Å². The summed E-state index contributed by atoms with van der Waals surface area (Å²) in [5.41, 5.74) is 1.74. The molecule has 0 spiro atoms. The van der Waals surface area contributed by atoms with Crippen LogP contribution in [0.2, 0.25) is 0 Å². The van der Waals surface area contributed by atoms with Gasteiger partial charge in [0.1, 0.15) is 11.6 Å². The summed E-state index contributed by atoms with van der Waals surface area (Å²) in [5, 5.41) is 3.36. The van der Waals surface area contributed by atoms with Gasteiger partial charge < -0.3 is 10.1 Å². The monoisotopic (exact) mass is 350 g/mol.